The van der Waals surface area contributed by atoms with E-state index < -0.39 is 0 Å². The SMILES string of the molecule is N=C(N)c1ccc(OCc2ccccc2)cn1. The zero-order valence-corrected chi connectivity index (χ0v) is 9.26. The summed E-state index contributed by atoms with van der Waals surface area (Å²) in [5.74, 6) is 0.624. The fraction of sp³-hybridized carbons (Fsp3) is 0.0769. The van der Waals surface area contributed by atoms with Gasteiger partial charge in [-0.1, -0.05) is 30.3 Å². The third kappa shape index (κ3) is 3.04. The van der Waals surface area contributed by atoms with Crippen LogP contribution in [0.1, 0.15) is 11.3 Å². The van der Waals surface area contributed by atoms with E-state index in [4.69, 9.17) is 15.9 Å². The standard InChI is InChI=1S/C13H13N3O/c14-13(15)12-7-6-11(8-16-12)17-9-10-4-2-1-3-5-10/h1-8H,9H2,(H3,14,15). The average molecular weight is 227 g/mol. The molecule has 0 amide bonds. The molecule has 0 fully saturated rings. The fourth-order valence-electron chi connectivity index (χ4n) is 1.37. The number of rotatable bonds is 4. The minimum absolute atomic E-state index is 0.0420. The van der Waals surface area contributed by atoms with Crippen LogP contribution in [0.2, 0.25) is 0 Å². The fourth-order valence-corrected chi connectivity index (χ4v) is 1.37. The first-order valence-corrected chi connectivity index (χ1v) is 5.23. The highest BCUT2D eigenvalue weighted by Crippen LogP contribution is 2.11. The van der Waals surface area contributed by atoms with Gasteiger partial charge in [0.25, 0.3) is 0 Å². The van der Waals surface area contributed by atoms with E-state index in [1.54, 1.807) is 18.3 Å². The average Bonchev–Trinajstić information content (AvgIpc) is 2.38. The third-order valence-electron chi connectivity index (χ3n) is 2.26. The van der Waals surface area contributed by atoms with Crippen LogP contribution < -0.4 is 10.5 Å². The van der Waals surface area contributed by atoms with Crippen LogP contribution in [0.5, 0.6) is 5.75 Å². The molecule has 86 valence electrons. The van der Waals surface area contributed by atoms with Gasteiger partial charge in [-0.15, -0.1) is 0 Å². The zero-order valence-electron chi connectivity index (χ0n) is 9.26. The number of ether oxygens (including phenoxy) is 1. The Morgan fingerprint density at radius 2 is 1.94 bits per heavy atom. The molecular weight excluding hydrogens is 214 g/mol. The molecule has 2 rings (SSSR count). The van der Waals surface area contributed by atoms with Crippen molar-refractivity contribution in [2.75, 3.05) is 0 Å². The molecule has 1 heterocycles. The molecule has 2 aromatic rings. The van der Waals surface area contributed by atoms with Crippen LogP contribution in [0.25, 0.3) is 0 Å². The number of nitrogens with zero attached hydrogens (tertiary/aromatic N) is 1. The van der Waals surface area contributed by atoms with Crippen LogP contribution >= 0.6 is 0 Å². The first-order valence-electron chi connectivity index (χ1n) is 5.23. The first-order chi connectivity index (χ1) is 8.25. The van der Waals surface area contributed by atoms with Gasteiger partial charge in [0.15, 0.2) is 0 Å². The normalized spacial score (nSPS) is 9.88. The monoisotopic (exact) mass is 227 g/mol. The minimum Gasteiger partial charge on any atom is -0.487 e. The molecule has 0 aliphatic carbocycles. The van der Waals surface area contributed by atoms with E-state index in [-0.39, 0.29) is 5.84 Å². The quantitative estimate of drug-likeness (QED) is 0.619. The van der Waals surface area contributed by atoms with Crippen LogP contribution in [-0.4, -0.2) is 10.8 Å². The lowest BCUT2D eigenvalue weighted by Crippen LogP contribution is -2.12. The molecule has 0 saturated carbocycles. The summed E-state index contributed by atoms with van der Waals surface area (Å²) in [7, 11) is 0. The molecule has 4 heteroatoms. The van der Waals surface area contributed by atoms with Crippen molar-refractivity contribution in [1.29, 1.82) is 5.41 Å². The summed E-state index contributed by atoms with van der Waals surface area (Å²) in [6.45, 7) is 0.502. The van der Waals surface area contributed by atoms with Crippen LogP contribution in [0, 0.1) is 5.41 Å². The number of nitrogen functional groups attached to an aromatic ring is 1. The number of hydrogen-bond acceptors (Lipinski definition) is 3. The van der Waals surface area contributed by atoms with E-state index >= 15 is 0 Å². The van der Waals surface area contributed by atoms with Crippen molar-refractivity contribution >= 4 is 5.84 Å². The van der Waals surface area contributed by atoms with Gasteiger partial charge in [-0.25, -0.2) is 4.98 Å². The highest BCUT2D eigenvalue weighted by Gasteiger charge is 1.99. The molecule has 0 saturated heterocycles. The summed E-state index contributed by atoms with van der Waals surface area (Å²) in [5.41, 5.74) is 6.86. The summed E-state index contributed by atoms with van der Waals surface area (Å²) in [6, 6.07) is 13.3. The Morgan fingerprint density at radius 3 is 2.53 bits per heavy atom. The number of hydrogen-bond donors (Lipinski definition) is 2. The van der Waals surface area contributed by atoms with Crippen LogP contribution in [-0.2, 0) is 6.61 Å². The second-order valence-electron chi connectivity index (χ2n) is 3.57. The number of benzene rings is 1. The molecule has 4 nitrogen and oxygen atoms in total. The summed E-state index contributed by atoms with van der Waals surface area (Å²) in [6.07, 6.45) is 1.57. The van der Waals surface area contributed by atoms with Gasteiger partial charge in [-0.2, -0.15) is 0 Å². The van der Waals surface area contributed by atoms with E-state index in [1.165, 1.54) is 0 Å². The van der Waals surface area contributed by atoms with Gasteiger partial charge >= 0.3 is 0 Å². The maximum Gasteiger partial charge on any atom is 0.141 e. The van der Waals surface area contributed by atoms with Gasteiger partial charge in [0.1, 0.15) is 23.9 Å². The molecule has 1 aromatic carbocycles. The number of nitrogens with two attached hydrogens (primary N) is 1. The van der Waals surface area contributed by atoms with Gasteiger partial charge in [0, 0.05) is 0 Å². The summed E-state index contributed by atoms with van der Waals surface area (Å²) >= 11 is 0. The Morgan fingerprint density at radius 1 is 1.18 bits per heavy atom. The number of aromatic nitrogens is 1. The Labute approximate surface area is 99.6 Å². The topological polar surface area (TPSA) is 72.0 Å². The largest absolute Gasteiger partial charge is 0.487 e. The van der Waals surface area contributed by atoms with Crippen molar-refractivity contribution in [3.63, 3.8) is 0 Å². The molecule has 0 atom stereocenters. The lowest BCUT2D eigenvalue weighted by atomic mass is 10.2. The van der Waals surface area contributed by atoms with Gasteiger partial charge in [0.05, 0.1) is 6.20 Å². The van der Waals surface area contributed by atoms with Crippen molar-refractivity contribution < 1.29 is 4.74 Å². The Kier molecular flexibility index (Phi) is 3.35. The molecule has 0 radical (unpaired) electrons. The van der Waals surface area contributed by atoms with Gasteiger partial charge < -0.3 is 10.5 Å². The Bertz CT molecular complexity index is 494. The predicted octanol–water partition coefficient (Wildman–Crippen LogP) is 1.94. The van der Waals surface area contributed by atoms with Gasteiger partial charge in [-0.3, -0.25) is 5.41 Å². The maximum atomic E-state index is 7.22. The van der Waals surface area contributed by atoms with Crippen LogP contribution in [0.15, 0.2) is 48.7 Å². The highest BCUT2D eigenvalue weighted by molar-refractivity contribution is 5.92. The van der Waals surface area contributed by atoms with Crippen molar-refractivity contribution in [2.24, 2.45) is 5.73 Å². The van der Waals surface area contributed by atoms with Gasteiger partial charge in [-0.05, 0) is 17.7 Å². The summed E-state index contributed by atoms with van der Waals surface area (Å²) in [5, 5.41) is 7.22. The predicted molar refractivity (Wildman–Crippen MR) is 66.0 cm³/mol. The van der Waals surface area contributed by atoms with E-state index in [0.717, 1.165) is 5.56 Å². The van der Waals surface area contributed by atoms with Crippen LogP contribution in [0.4, 0.5) is 0 Å². The lowest BCUT2D eigenvalue weighted by molar-refractivity contribution is 0.305. The van der Waals surface area contributed by atoms with Crippen LogP contribution in [0.3, 0.4) is 0 Å². The van der Waals surface area contributed by atoms with Crippen molar-refractivity contribution in [2.45, 2.75) is 6.61 Å². The lowest BCUT2D eigenvalue weighted by Gasteiger charge is -2.06. The second-order valence-corrected chi connectivity index (χ2v) is 3.57. The van der Waals surface area contributed by atoms with E-state index in [0.29, 0.717) is 18.1 Å². The maximum absolute atomic E-state index is 7.22. The first kappa shape index (κ1) is 11.1. The summed E-state index contributed by atoms with van der Waals surface area (Å²) in [4.78, 5) is 4.02. The Balaban J connectivity index is 1.98. The number of nitrogens with one attached hydrogen (secondary N) is 1. The van der Waals surface area contributed by atoms with Crippen molar-refractivity contribution in [1.82, 2.24) is 4.98 Å². The molecule has 17 heavy (non-hydrogen) atoms. The number of pyridine rings is 1. The van der Waals surface area contributed by atoms with E-state index in [1.807, 2.05) is 30.3 Å². The molecule has 0 aliphatic rings. The molecule has 3 N–H and O–H groups in total. The molecule has 0 bridgehead atoms. The molecular formula is C13H13N3O. The molecule has 0 unspecified atom stereocenters. The smallest absolute Gasteiger partial charge is 0.141 e. The Hall–Kier alpha value is -2.36. The molecule has 1 aromatic heterocycles. The molecule has 0 spiro atoms. The minimum atomic E-state index is -0.0420. The van der Waals surface area contributed by atoms with Crippen molar-refractivity contribution in [3.05, 3.63) is 59.9 Å². The zero-order chi connectivity index (χ0) is 12.1. The van der Waals surface area contributed by atoms with Crippen molar-refractivity contribution in [3.8, 4) is 5.75 Å². The third-order valence-corrected chi connectivity index (χ3v) is 2.26. The molecule has 0 aliphatic heterocycles. The van der Waals surface area contributed by atoms with Gasteiger partial charge in [0.2, 0.25) is 0 Å². The number of amidine groups is 1. The highest BCUT2D eigenvalue weighted by atomic mass is 16.5. The summed E-state index contributed by atoms with van der Waals surface area (Å²) < 4.78 is 5.55. The van der Waals surface area contributed by atoms with E-state index in [2.05, 4.69) is 4.98 Å². The second kappa shape index (κ2) is 5.12. The van der Waals surface area contributed by atoms with E-state index in [9.17, 15) is 0 Å².